The van der Waals surface area contributed by atoms with Gasteiger partial charge in [0.05, 0.1) is 87.2 Å². The van der Waals surface area contributed by atoms with E-state index in [1.807, 2.05) is 6.07 Å². The van der Waals surface area contributed by atoms with E-state index in [0.717, 1.165) is 53.9 Å². The molecule has 5 saturated heterocycles. The second-order valence-corrected chi connectivity index (χ2v) is 35.6. The van der Waals surface area contributed by atoms with Crippen LogP contribution in [-0.4, -0.2) is 244 Å². The molecular weight excluding hydrogens is 1710 g/mol. The fourth-order valence-electron chi connectivity index (χ4n) is 16.2. The van der Waals surface area contributed by atoms with Crippen LogP contribution in [0.1, 0.15) is 148 Å². The topological polar surface area (TPSA) is 467 Å². The van der Waals surface area contributed by atoms with Gasteiger partial charge >= 0.3 is 42.0 Å². The summed E-state index contributed by atoms with van der Waals surface area (Å²) in [6.45, 7) is 20.1. The van der Waals surface area contributed by atoms with Crippen molar-refractivity contribution in [2.24, 2.45) is 16.2 Å². The van der Waals surface area contributed by atoms with E-state index in [1.54, 1.807) is 123 Å². The Morgan fingerprint density at radius 1 is 0.519 bits per heavy atom. The molecule has 14 heterocycles. The van der Waals surface area contributed by atoms with E-state index in [9.17, 15) is 72.2 Å². The molecule has 6 aromatic heterocycles. The number of benzene rings is 3. The number of aliphatic hydroxyl groups excluding tert-OH is 1. The number of methoxy groups -OCH3 is 3. The normalized spacial score (nSPS) is 20.3. The van der Waals surface area contributed by atoms with Gasteiger partial charge < -0.3 is 92.0 Å². The average Bonchev–Trinajstić information content (AvgIpc) is 1.60. The summed E-state index contributed by atoms with van der Waals surface area (Å²) >= 11 is 0. The number of nitrogens with one attached hydrogen (secondary N) is 3. The number of imide groups is 3. The van der Waals surface area contributed by atoms with Gasteiger partial charge in [-0.05, 0) is 146 Å². The second-order valence-electron chi connectivity index (χ2n) is 35.6. The molecule has 9 aromatic rings. The SMILES string of the molecule is CCN1CCN(c2ccc3oc([C@]4(CN5Cc6ccc(OC)cc6C5=O)NC(=O)N(COC(=O)C(C)(C)C)C4=O)cc3n2)CC1.COc1ccc2c(c1)C(=O)N(C[C@@]1(c3cc4nc(N5C[C@@H](O)CC5=O)ccc4o3)NC(=O)N(COC(=O)C(C)(C)C)C1=O)C2.COc1ccc2c(c1F)C(=O)N(C[C@@]1(c3cc4c(OC(C)=O)nccc4o3)NC(=O)N(COC(=O)C(C)(C)C)C1=O)C2. The number of aromatic nitrogens is 3. The minimum absolute atomic E-state index is 0.00531. The van der Waals surface area contributed by atoms with Crippen molar-refractivity contribution in [2.45, 2.75) is 125 Å². The Morgan fingerprint density at radius 2 is 0.947 bits per heavy atom. The van der Waals surface area contributed by atoms with Crippen LogP contribution in [0.3, 0.4) is 0 Å². The summed E-state index contributed by atoms with van der Waals surface area (Å²) < 4.78 is 69.9. The maximum atomic E-state index is 15.1. The van der Waals surface area contributed by atoms with Crippen LogP contribution in [0, 0.1) is 22.1 Å². The maximum Gasteiger partial charge on any atom is 0.328 e. The highest BCUT2D eigenvalue weighted by Gasteiger charge is 2.61. The molecule has 0 radical (unpaired) electrons. The predicted molar refractivity (Wildman–Crippen MR) is 456 cm³/mol. The lowest BCUT2D eigenvalue weighted by Crippen LogP contribution is -2.52. The minimum Gasteiger partial charge on any atom is -0.497 e. The third kappa shape index (κ3) is 17.2. The van der Waals surface area contributed by atoms with Gasteiger partial charge in [-0.2, -0.15) is 0 Å². The van der Waals surface area contributed by atoms with Crippen LogP contribution in [0.5, 0.6) is 23.1 Å². The van der Waals surface area contributed by atoms with Gasteiger partial charge in [0.15, 0.2) is 59.5 Å². The van der Waals surface area contributed by atoms with Gasteiger partial charge in [-0.3, -0.25) is 57.6 Å². The lowest BCUT2D eigenvalue weighted by atomic mass is 9.95. The van der Waals surface area contributed by atoms with E-state index in [1.165, 1.54) is 84.4 Å². The highest BCUT2D eigenvalue weighted by atomic mass is 19.1. The third-order valence-corrected chi connectivity index (χ3v) is 23.4. The fourth-order valence-corrected chi connectivity index (χ4v) is 16.2. The Kier molecular flexibility index (Phi) is 24.2. The maximum absolute atomic E-state index is 15.1. The molecule has 17 rings (SSSR count). The van der Waals surface area contributed by atoms with Crippen molar-refractivity contribution < 1.29 is 123 Å². The number of hydrogen-bond donors (Lipinski definition) is 4. The highest BCUT2D eigenvalue weighted by Crippen LogP contribution is 2.44. The van der Waals surface area contributed by atoms with Crippen LogP contribution in [0.4, 0.5) is 30.4 Å². The monoisotopic (exact) mass is 1810 g/mol. The molecule has 4 N–H and O–H groups in total. The quantitative estimate of drug-likeness (QED) is 0.0287. The molecule has 40 nitrogen and oxygen atoms in total. The second kappa shape index (κ2) is 34.8. The van der Waals surface area contributed by atoms with E-state index in [-0.39, 0.29) is 126 Å². The van der Waals surface area contributed by atoms with Crippen molar-refractivity contribution in [1.29, 1.82) is 0 Å². The number of likely N-dealkylation sites (N-methyl/N-ethyl adjacent to an activating group) is 1. The minimum atomic E-state index is -2.03. The molecule has 3 aromatic carbocycles. The molecule has 5 fully saturated rings. The average molecular weight is 1810 g/mol. The van der Waals surface area contributed by atoms with Crippen LogP contribution in [0.25, 0.3) is 33.2 Å². The van der Waals surface area contributed by atoms with Crippen molar-refractivity contribution >= 4 is 128 Å². The number of carbonyl (C=O) groups is 14. The number of hydrogen-bond acceptors (Lipinski definition) is 30. The first-order chi connectivity index (χ1) is 62.0. The smallest absolute Gasteiger partial charge is 0.328 e. The largest absolute Gasteiger partial charge is 0.497 e. The molecule has 0 aliphatic carbocycles. The molecule has 8 aliphatic rings. The van der Waals surface area contributed by atoms with Crippen molar-refractivity contribution in [2.75, 3.05) is 110 Å². The van der Waals surface area contributed by atoms with Crippen molar-refractivity contribution in [3.63, 3.8) is 0 Å². The van der Waals surface area contributed by atoms with Crippen LogP contribution < -0.4 is 44.7 Å². The Bertz CT molecular complexity index is 6240. The van der Waals surface area contributed by atoms with Gasteiger partial charge in [0, 0.05) is 88.3 Å². The number of amides is 13. The molecule has 0 spiro atoms. The van der Waals surface area contributed by atoms with Crippen LogP contribution in [0.15, 0.2) is 117 Å². The number of esters is 4. The molecule has 131 heavy (non-hydrogen) atoms. The zero-order valence-corrected chi connectivity index (χ0v) is 74.2. The van der Waals surface area contributed by atoms with Crippen LogP contribution in [0.2, 0.25) is 0 Å². The Labute approximate surface area is 747 Å². The number of pyridine rings is 3. The van der Waals surface area contributed by atoms with Gasteiger partial charge in [0.1, 0.15) is 57.0 Å². The first-order valence-electron chi connectivity index (χ1n) is 41.9. The number of β-amino-alcohol motifs (C(OH)–C–C–N with tert-alkyl or cyclic N) is 1. The summed E-state index contributed by atoms with van der Waals surface area (Å²) in [5.41, 5.74) is -4.21. The number of carbonyl (C=O) groups excluding carboxylic acids is 14. The number of urea groups is 3. The van der Waals surface area contributed by atoms with Gasteiger partial charge in [-0.25, -0.2) is 48.4 Å². The number of anilines is 2. The summed E-state index contributed by atoms with van der Waals surface area (Å²) in [6.07, 6.45) is 0.494. The summed E-state index contributed by atoms with van der Waals surface area (Å²) in [7, 11) is 4.28. The number of rotatable bonds is 22. The highest BCUT2D eigenvalue weighted by molar-refractivity contribution is 6.11. The number of aliphatic hydroxyl groups is 1. The number of piperazine rings is 1. The summed E-state index contributed by atoms with van der Waals surface area (Å²) in [6, 6.07) is 23.5. The van der Waals surface area contributed by atoms with Gasteiger partial charge in [0.25, 0.3) is 35.4 Å². The molecule has 0 bridgehead atoms. The first-order valence-corrected chi connectivity index (χ1v) is 41.9. The summed E-state index contributed by atoms with van der Waals surface area (Å²) in [5.74, 6) is -5.56. The molecule has 688 valence electrons. The van der Waals surface area contributed by atoms with Crippen molar-refractivity contribution in [1.82, 2.24) is 65.2 Å². The van der Waals surface area contributed by atoms with Gasteiger partial charge in [0.2, 0.25) is 11.8 Å². The van der Waals surface area contributed by atoms with Crippen molar-refractivity contribution in [3.8, 4) is 23.1 Å². The van der Waals surface area contributed by atoms with Crippen LogP contribution >= 0.6 is 0 Å². The zero-order chi connectivity index (χ0) is 94.2. The number of ether oxygens (including phenoxy) is 7. The molecule has 4 atom stereocenters. The molecule has 41 heteroatoms. The third-order valence-electron chi connectivity index (χ3n) is 23.4. The lowest BCUT2D eigenvalue weighted by molar-refractivity contribution is -0.160. The van der Waals surface area contributed by atoms with E-state index < -0.39 is 137 Å². The van der Waals surface area contributed by atoms with E-state index in [2.05, 4.69) is 42.6 Å². The number of halogens is 1. The van der Waals surface area contributed by atoms with E-state index in [0.29, 0.717) is 49.8 Å². The molecular formula is C90H96FN15O25. The van der Waals surface area contributed by atoms with E-state index >= 15 is 4.39 Å². The summed E-state index contributed by atoms with van der Waals surface area (Å²) in [4.78, 5) is 210. The predicted octanol–water partition coefficient (Wildman–Crippen LogP) is 7.66. The number of fused-ring (bicyclic) bond motifs is 6. The Hall–Kier alpha value is -14.6. The number of furan rings is 3. The molecule has 13 amide bonds. The molecule has 0 saturated carbocycles. The van der Waals surface area contributed by atoms with Crippen LogP contribution in [-0.2, 0) is 88.8 Å². The fraction of sp³-hybridized carbons (Fsp3) is 0.411. The zero-order valence-electron chi connectivity index (χ0n) is 74.2. The number of nitrogens with zero attached hydrogens (tertiary/aromatic N) is 12. The van der Waals surface area contributed by atoms with E-state index in [4.69, 9.17) is 51.4 Å². The Balaban J connectivity index is 0.000000151. The molecule has 0 unspecified atom stereocenters. The Morgan fingerprint density at radius 3 is 1.37 bits per heavy atom. The first kappa shape index (κ1) is 91.1. The lowest BCUT2D eigenvalue weighted by Gasteiger charge is -2.34. The summed E-state index contributed by atoms with van der Waals surface area (Å²) in [5, 5.41) is 18.2. The van der Waals surface area contributed by atoms with Gasteiger partial charge in [-0.15, -0.1) is 0 Å². The van der Waals surface area contributed by atoms with Crippen molar-refractivity contribution in [3.05, 3.63) is 160 Å². The standard InChI is InChI=1S/C32H38N6O7.C30H31N5O9.C28H27FN4O9/c1-6-35-11-13-36(14-12-35)26-10-9-24-23(33-26)16-25(45-24)32(18-37-17-20-7-8-21(43-5)15-22(20)27(37)39)28(40)38(30(42)34-32)19-44-29(41)31(2,3)4;1-29(2,3)27(40)43-15-35-26(39)30(32-28(35)41,14-33-12-16-5-6-18(42-4)10-19(16)25(33)38)22-11-20-21(44-22)7-8-23(31-20)34-13-17(36)9-24(34)37;1-14(34)41-22-16-10-19(42-17(16)8-9-30-22)28(24(36)33(26(38)31-28)13-40-25(37)27(2,3)4)12-32-11-15-6-7-18(39-5)21(29)20(15)23(32)35/h7-10,15-16H,6,11-14,17-19H2,1-5H3,(H,34,42);5-8,10-11,17,36H,9,12-15H2,1-4H3,(H,32,41);6-10H,11-13H2,1-5H3,(H,31,38)/t32-;17-,30-;28-/m000/s1. The molecule has 8 aliphatic heterocycles. The van der Waals surface area contributed by atoms with Gasteiger partial charge in [-0.1, -0.05) is 25.1 Å².